The third kappa shape index (κ3) is 3.08. The van der Waals surface area contributed by atoms with Gasteiger partial charge in [-0.05, 0) is 46.3 Å². The van der Waals surface area contributed by atoms with Crippen molar-refractivity contribution in [3.63, 3.8) is 0 Å². The molecule has 1 nitrogen and oxygen atoms in total. The van der Waals surface area contributed by atoms with Crippen LogP contribution in [0.2, 0.25) is 0 Å². The molecule has 0 aliphatic rings. The van der Waals surface area contributed by atoms with E-state index >= 15 is 0 Å². The van der Waals surface area contributed by atoms with Gasteiger partial charge in [0.2, 0.25) is 0 Å². The molecular weight excluding hydrogens is 400 g/mol. The van der Waals surface area contributed by atoms with Crippen LogP contribution in [-0.2, 0) is 12.4 Å². The molecular formula is C9H2ClF6IO. The molecule has 0 radical (unpaired) electrons. The Morgan fingerprint density at radius 2 is 1.56 bits per heavy atom. The van der Waals surface area contributed by atoms with E-state index in [0.29, 0.717) is 12.1 Å². The zero-order valence-corrected chi connectivity index (χ0v) is 11.0. The van der Waals surface area contributed by atoms with Crippen molar-refractivity contribution in [3.8, 4) is 0 Å². The maximum Gasteiger partial charge on any atom is 0.418 e. The zero-order chi connectivity index (χ0) is 14.3. The Hall–Kier alpha value is -0.510. The van der Waals surface area contributed by atoms with Gasteiger partial charge in [0.15, 0.2) is 0 Å². The molecule has 1 rings (SSSR count). The summed E-state index contributed by atoms with van der Waals surface area (Å²) in [4.78, 5) is 10.8. The molecule has 0 N–H and O–H groups in total. The minimum Gasteiger partial charge on any atom is -0.276 e. The molecule has 0 unspecified atom stereocenters. The second-order valence-electron chi connectivity index (χ2n) is 3.12. The van der Waals surface area contributed by atoms with Gasteiger partial charge in [-0.1, -0.05) is 0 Å². The fourth-order valence-electron chi connectivity index (χ4n) is 1.24. The van der Waals surface area contributed by atoms with E-state index in [2.05, 4.69) is 0 Å². The van der Waals surface area contributed by atoms with Gasteiger partial charge in [0.1, 0.15) is 0 Å². The molecule has 0 fully saturated rings. The highest BCUT2D eigenvalue weighted by Gasteiger charge is 2.42. The smallest absolute Gasteiger partial charge is 0.276 e. The van der Waals surface area contributed by atoms with Crippen molar-refractivity contribution in [2.45, 2.75) is 12.4 Å². The first kappa shape index (κ1) is 15.5. The van der Waals surface area contributed by atoms with Crippen LogP contribution in [0.25, 0.3) is 0 Å². The van der Waals surface area contributed by atoms with E-state index in [1.54, 1.807) is 0 Å². The van der Waals surface area contributed by atoms with Gasteiger partial charge in [0, 0.05) is 9.13 Å². The molecule has 0 aromatic heterocycles. The minimum atomic E-state index is -5.10. The molecule has 100 valence electrons. The van der Waals surface area contributed by atoms with E-state index in [1.165, 1.54) is 0 Å². The fraction of sp³-hybridized carbons (Fsp3) is 0.222. The normalized spacial score (nSPS) is 12.7. The first-order valence-corrected chi connectivity index (χ1v) is 5.58. The maximum absolute atomic E-state index is 12.7. The van der Waals surface area contributed by atoms with Gasteiger partial charge in [0.05, 0.1) is 11.1 Å². The fourth-order valence-corrected chi connectivity index (χ4v) is 2.48. The monoisotopic (exact) mass is 402 g/mol. The van der Waals surface area contributed by atoms with Crippen LogP contribution in [0.5, 0.6) is 0 Å². The lowest BCUT2D eigenvalue weighted by Gasteiger charge is -2.17. The van der Waals surface area contributed by atoms with Gasteiger partial charge < -0.3 is 0 Å². The third-order valence-electron chi connectivity index (χ3n) is 1.94. The SMILES string of the molecule is O=C(Cl)c1ccc(C(F)(F)F)c(I)c1C(F)(F)F. The number of rotatable bonds is 1. The molecule has 0 spiro atoms. The molecule has 0 aliphatic carbocycles. The molecule has 1 aromatic carbocycles. The summed E-state index contributed by atoms with van der Waals surface area (Å²) in [5, 5.41) is -1.46. The van der Waals surface area contributed by atoms with Crippen LogP contribution in [-0.4, -0.2) is 5.24 Å². The van der Waals surface area contributed by atoms with Crippen molar-refractivity contribution in [1.29, 1.82) is 0 Å². The molecule has 0 saturated carbocycles. The number of carbonyl (C=O) groups excluding carboxylic acids is 1. The predicted molar refractivity (Wildman–Crippen MR) is 59.3 cm³/mol. The molecule has 0 heterocycles. The second kappa shape index (κ2) is 4.87. The minimum absolute atomic E-state index is 0.395. The highest BCUT2D eigenvalue weighted by atomic mass is 127. The summed E-state index contributed by atoms with van der Waals surface area (Å²) >= 11 is 5.83. The Morgan fingerprint density at radius 3 is 1.89 bits per heavy atom. The van der Waals surface area contributed by atoms with Crippen molar-refractivity contribution in [2.24, 2.45) is 0 Å². The average molecular weight is 402 g/mol. The average Bonchev–Trinajstić information content (AvgIpc) is 2.12. The summed E-state index contributed by atoms with van der Waals surface area (Å²) in [6.45, 7) is 0. The van der Waals surface area contributed by atoms with Gasteiger partial charge >= 0.3 is 12.4 Å². The van der Waals surface area contributed by atoms with Crippen LogP contribution in [0.1, 0.15) is 21.5 Å². The maximum atomic E-state index is 12.7. The van der Waals surface area contributed by atoms with Gasteiger partial charge in [-0.15, -0.1) is 0 Å². The lowest BCUT2D eigenvalue weighted by molar-refractivity contribution is -0.144. The Labute approximate surface area is 115 Å². The Bertz CT molecular complexity index is 493. The lowest BCUT2D eigenvalue weighted by Crippen LogP contribution is -2.18. The van der Waals surface area contributed by atoms with Crippen molar-refractivity contribution >= 4 is 39.4 Å². The van der Waals surface area contributed by atoms with Gasteiger partial charge in [-0.2, -0.15) is 26.3 Å². The van der Waals surface area contributed by atoms with Crippen molar-refractivity contribution in [1.82, 2.24) is 0 Å². The zero-order valence-electron chi connectivity index (χ0n) is 8.09. The summed E-state index contributed by atoms with van der Waals surface area (Å²) < 4.78 is 74.2. The topological polar surface area (TPSA) is 17.1 Å². The van der Waals surface area contributed by atoms with Crippen LogP contribution in [0.15, 0.2) is 12.1 Å². The van der Waals surface area contributed by atoms with E-state index in [0.717, 1.165) is 22.6 Å². The molecule has 9 heteroatoms. The Kier molecular flexibility index (Phi) is 4.21. The van der Waals surface area contributed by atoms with Gasteiger partial charge in [0.25, 0.3) is 5.24 Å². The molecule has 18 heavy (non-hydrogen) atoms. The van der Waals surface area contributed by atoms with Crippen LogP contribution >= 0.6 is 34.2 Å². The summed E-state index contributed by atoms with van der Waals surface area (Å²) in [6, 6.07) is 0.815. The highest BCUT2D eigenvalue weighted by Crippen LogP contribution is 2.42. The number of halogens is 8. The number of hydrogen-bond donors (Lipinski definition) is 0. The third-order valence-corrected chi connectivity index (χ3v) is 3.27. The molecule has 1 aromatic rings. The van der Waals surface area contributed by atoms with Crippen LogP contribution in [0.4, 0.5) is 26.3 Å². The first-order valence-electron chi connectivity index (χ1n) is 4.13. The quantitative estimate of drug-likeness (QED) is 0.378. The van der Waals surface area contributed by atoms with Gasteiger partial charge in [-0.3, -0.25) is 4.79 Å². The largest absolute Gasteiger partial charge is 0.418 e. The number of alkyl halides is 6. The number of hydrogen-bond acceptors (Lipinski definition) is 1. The van der Waals surface area contributed by atoms with E-state index in [4.69, 9.17) is 11.6 Å². The summed E-state index contributed by atoms with van der Waals surface area (Å²) in [6.07, 6.45) is -10.0. The Balaban J connectivity index is 3.67. The molecule has 0 amide bonds. The standard InChI is InChI=1S/C9H2ClF6IO/c10-7(18)3-1-2-4(8(11,12)13)6(17)5(3)9(14,15)16/h1-2H. The number of benzene rings is 1. The van der Waals surface area contributed by atoms with Crippen molar-refractivity contribution in [3.05, 3.63) is 32.4 Å². The lowest BCUT2D eigenvalue weighted by atomic mass is 10.0. The Morgan fingerprint density at radius 1 is 1.06 bits per heavy atom. The molecule has 0 bridgehead atoms. The first-order chi connectivity index (χ1) is 7.96. The predicted octanol–water partition coefficient (Wildman–Crippen LogP) is 4.71. The highest BCUT2D eigenvalue weighted by molar-refractivity contribution is 14.1. The van der Waals surface area contributed by atoms with Crippen molar-refractivity contribution < 1.29 is 31.1 Å². The van der Waals surface area contributed by atoms with E-state index in [-0.39, 0.29) is 0 Å². The van der Waals surface area contributed by atoms with E-state index < -0.39 is 37.9 Å². The molecule has 0 saturated heterocycles. The van der Waals surface area contributed by atoms with Crippen LogP contribution < -0.4 is 0 Å². The van der Waals surface area contributed by atoms with E-state index in [9.17, 15) is 31.1 Å². The summed E-state index contributed by atoms with van der Waals surface area (Å²) in [5.41, 5.74) is -4.13. The second-order valence-corrected chi connectivity index (χ2v) is 4.54. The van der Waals surface area contributed by atoms with E-state index in [1.807, 2.05) is 0 Å². The van der Waals surface area contributed by atoms with Crippen LogP contribution in [0, 0.1) is 3.57 Å². The number of carbonyl (C=O) groups is 1. The van der Waals surface area contributed by atoms with Crippen molar-refractivity contribution in [2.75, 3.05) is 0 Å². The summed E-state index contributed by atoms with van der Waals surface area (Å²) in [7, 11) is 0. The van der Waals surface area contributed by atoms with Crippen LogP contribution in [0.3, 0.4) is 0 Å². The summed E-state index contributed by atoms with van der Waals surface area (Å²) in [5.74, 6) is 0. The molecule has 0 aliphatic heterocycles. The van der Waals surface area contributed by atoms with Gasteiger partial charge in [-0.25, -0.2) is 0 Å². The molecule has 0 atom stereocenters.